The molecule has 2 aliphatic rings. The highest BCUT2D eigenvalue weighted by molar-refractivity contribution is 7.89. The molecular formula is C19H24N2O3S. The minimum Gasteiger partial charge on any atom is -0.395 e. The van der Waals surface area contributed by atoms with Gasteiger partial charge in [-0.15, -0.1) is 0 Å². The molecule has 0 bridgehead atoms. The molecule has 1 N–H and O–H groups in total. The fraction of sp³-hybridized carbons (Fsp3) is 0.526. The van der Waals surface area contributed by atoms with Gasteiger partial charge in [-0.05, 0) is 49.3 Å². The number of rotatable bonds is 5. The first kappa shape index (κ1) is 18.1. The van der Waals surface area contributed by atoms with E-state index in [0.29, 0.717) is 0 Å². The highest BCUT2D eigenvalue weighted by Crippen LogP contribution is 2.45. The highest BCUT2D eigenvalue weighted by Gasteiger charge is 2.54. The summed E-state index contributed by atoms with van der Waals surface area (Å²) in [5.74, 6) is -0.364. The fourth-order valence-corrected chi connectivity index (χ4v) is 5.46. The van der Waals surface area contributed by atoms with Gasteiger partial charge in [-0.25, -0.2) is 8.42 Å². The van der Waals surface area contributed by atoms with E-state index < -0.39 is 22.1 Å². The number of hydrogen-bond acceptors (Lipinski definition) is 4. The van der Waals surface area contributed by atoms with Crippen LogP contribution >= 0.6 is 0 Å². The van der Waals surface area contributed by atoms with Crippen molar-refractivity contribution in [2.24, 2.45) is 0 Å². The number of sulfonamides is 1. The van der Waals surface area contributed by atoms with Crippen molar-refractivity contribution < 1.29 is 13.5 Å². The first-order chi connectivity index (χ1) is 12.0. The zero-order valence-electron chi connectivity index (χ0n) is 14.4. The van der Waals surface area contributed by atoms with Gasteiger partial charge in [0.05, 0.1) is 24.5 Å². The lowest BCUT2D eigenvalue weighted by Gasteiger charge is -2.50. The van der Waals surface area contributed by atoms with Gasteiger partial charge in [0.25, 0.3) is 0 Å². The number of nitriles is 1. The maximum absolute atomic E-state index is 12.3. The van der Waals surface area contributed by atoms with Crippen LogP contribution in [0, 0.1) is 11.3 Å². The number of benzene rings is 1. The van der Waals surface area contributed by atoms with E-state index in [4.69, 9.17) is 0 Å². The molecule has 5 nitrogen and oxygen atoms in total. The molecule has 1 aromatic carbocycles. The molecule has 0 amide bonds. The summed E-state index contributed by atoms with van der Waals surface area (Å²) in [7, 11) is -3.53. The third kappa shape index (κ3) is 3.12. The molecule has 134 valence electrons. The Labute approximate surface area is 149 Å². The third-order valence-corrected chi connectivity index (χ3v) is 7.19. The molecule has 0 spiro atoms. The minimum atomic E-state index is -3.53. The molecule has 1 fully saturated rings. The first-order valence-corrected chi connectivity index (χ1v) is 10.5. The maximum Gasteiger partial charge on any atom is 0.215 e. The average molecular weight is 360 g/mol. The Kier molecular flexibility index (Phi) is 5.28. The fourth-order valence-electron chi connectivity index (χ4n) is 4.03. The van der Waals surface area contributed by atoms with Gasteiger partial charge in [0.15, 0.2) is 0 Å². The van der Waals surface area contributed by atoms with Gasteiger partial charge < -0.3 is 5.11 Å². The Morgan fingerprint density at radius 3 is 2.68 bits per heavy atom. The molecule has 1 saturated heterocycles. The average Bonchev–Trinajstić information content (AvgIpc) is 2.62. The minimum absolute atomic E-state index is 0.0683. The number of allylic oxidation sites excluding steroid dienone is 2. The Bertz CT molecular complexity index is 810. The van der Waals surface area contributed by atoms with Crippen LogP contribution in [0.2, 0.25) is 0 Å². The van der Waals surface area contributed by atoms with Gasteiger partial charge in [-0.3, -0.25) is 0 Å². The largest absolute Gasteiger partial charge is 0.395 e. The van der Waals surface area contributed by atoms with Crippen molar-refractivity contribution in [1.29, 1.82) is 5.26 Å². The van der Waals surface area contributed by atoms with Gasteiger partial charge in [0.1, 0.15) is 6.04 Å². The number of aliphatic hydroxyl groups excluding tert-OH is 1. The molecule has 0 radical (unpaired) electrons. The molecule has 3 atom stereocenters. The van der Waals surface area contributed by atoms with Crippen LogP contribution in [0.15, 0.2) is 30.3 Å². The highest BCUT2D eigenvalue weighted by atomic mass is 32.2. The summed E-state index contributed by atoms with van der Waals surface area (Å²) < 4.78 is 25.9. The van der Waals surface area contributed by atoms with Gasteiger partial charge in [-0.2, -0.15) is 9.57 Å². The van der Waals surface area contributed by atoms with E-state index in [9.17, 15) is 18.8 Å². The zero-order valence-corrected chi connectivity index (χ0v) is 15.2. The molecule has 1 heterocycles. The SMILES string of the molecule is CCS(=O)(=O)N1[C@H](CO)[C@@H](c2ccccc2C2=CCCCC2)[C@@H]1C#N. The summed E-state index contributed by atoms with van der Waals surface area (Å²) in [5.41, 5.74) is 3.34. The standard InChI is InChI=1S/C19H24N2O3S/c1-2-25(23,24)21-17(12-20)19(18(21)13-22)16-11-7-6-10-15(16)14-8-4-3-5-9-14/h6-8,10-11,17-19,22H,2-5,9,13H2,1H3/t17-,18+,19-/m0/s1. The molecule has 25 heavy (non-hydrogen) atoms. The van der Waals surface area contributed by atoms with Crippen molar-refractivity contribution in [3.8, 4) is 6.07 Å². The number of hydrogen-bond donors (Lipinski definition) is 1. The molecule has 1 aliphatic carbocycles. The van der Waals surface area contributed by atoms with E-state index in [1.165, 1.54) is 16.3 Å². The molecule has 3 rings (SSSR count). The van der Waals surface area contributed by atoms with Gasteiger partial charge >= 0.3 is 0 Å². The van der Waals surface area contributed by atoms with E-state index in [1.807, 2.05) is 24.3 Å². The lowest BCUT2D eigenvalue weighted by Crippen LogP contribution is -2.65. The third-order valence-electron chi connectivity index (χ3n) is 5.32. The van der Waals surface area contributed by atoms with Gasteiger partial charge in [0, 0.05) is 5.92 Å². The van der Waals surface area contributed by atoms with Crippen LogP contribution in [-0.2, 0) is 10.0 Å². The Balaban J connectivity index is 2.02. The predicted octanol–water partition coefficient (Wildman–Crippen LogP) is 2.65. The van der Waals surface area contributed by atoms with E-state index in [1.54, 1.807) is 6.92 Å². The Morgan fingerprint density at radius 2 is 2.08 bits per heavy atom. The first-order valence-electron chi connectivity index (χ1n) is 8.85. The summed E-state index contributed by atoms with van der Waals surface area (Å²) >= 11 is 0. The molecule has 6 heteroatoms. The van der Waals surface area contributed by atoms with Crippen molar-refractivity contribution in [1.82, 2.24) is 4.31 Å². The van der Waals surface area contributed by atoms with Crippen molar-refractivity contribution in [2.75, 3.05) is 12.4 Å². The lowest BCUT2D eigenvalue weighted by atomic mass is 9.74. The van der Waals surface area contributed by atoms with Crippen molar-refractivity contribution in [3.05, 3.63) is 41.5 Å². The summed E-state index contributed by atoms with van der Waals surface area (Å²) in [6, 6.07) is 8.74. The summed E-state index contributed by atoms with van der Waals surface area (Å²) in [5, 5.41) is 19.4. The van der Waals surface area contributed by atoms with Crippen LogP contribution in [0.1, 0.15) is 49.7 Å². The van der Waals surface area contributed by atoms with Crippen molar-refractivity contribution in [2.45, 2.75) is 50.6 Å². The van der Waals surface area contributed by atoms with E-state index >= 15 is 0 Å². The lowest BCUT2D eigenvalue weighted by molar-refractivity contribution is 0.0557. The Hall–Kier alpha value is -1.68. The summed E-state index contributed by atoms with van der Waals surface area (Å²) in [6.45, 7) is 1.28. The van der Waals surface area contributed by atoms with Crippen LogP contribution in [0.4, 0.5) is 0 Å². The van der Waals surface area contributed by atoms with Crippen LogP contribution in [0.5, 0.6) is 0 Å². The second-order valence-electron chi connectivity index (χ2n) is 6.64. The number of nitrogens with zero attached hydrogens (tertiary/aromatic N) is 2. The zero-order chi connectivity index (χ0) is 18.0. The second-order valence-corrected chi connectivity index (χ2v) is 8.81. The van der Waals surface area contributed by atoms with Gasteiger partial charge in [0.2, 0.25) is 10.0 Å². The molecule has 0 saturated carbocycles. The van der Waals surface area contributed by atoms with Crippen LogP contribution in [0.3, 0.4) is 0 Å². The molecular weight excluding hydrogens is 336 g/mol. The van der Waals surface area contributed by atoms with Gasteiger partial charge in [-0.1, -0.05) is 30.3 Å². The molecule has 1 aromatic rings. The number of aliphatic hydroxyl groups is 1. The van der Waals surface area contributed by atoms with Crippen molar-refractivity contribution >= 4 is 15.6 Å². The predicted molar refractivity (Wildman–Crippen MR) is 97.2 cm³/mol. The molecule has 1 aliphatic heterocycles. The van der Waals surface area contributed by atoms with E-state index in [2.05, 4.69) is 12.1 Å². The monoisotopic (exact) mass is 360 g/mol. The normalized spacial score (nSPS) is 27.2. The van der Waals surface area contributed by atoms with Crippen LogP contribution < -0.4 is 0 Å². The Morgan fingerprint density at radius 1 is 1.32 bits per heavy atom. The maximum atomic E-state index is 12.3. The van der Waals surface area contributed by atoms with Crippen molar-refractivity contribution in [3.63, 3.8) is 0 Å². The molecule has 0 aromatic heterocycles. The summed E-state index contributed by atoms with van der Waals surface area (Å²) in [4.78, 5) is 0. The second kappa shape index (κ2) is 7.28. The van der Waals surface area contributed by atoms with Crippen LogP contribution in [-0.4, -0.2) is 42.3 Å². The quantitative estimate of drug-likeness (QED) is 0.875. The van der Waals surface area contributed by atoms with E-state index in [0.717, 1.165) is 30.4 Å². The topological polar surface area (TPSA) is 81.4 Å². The smallest absolute Gasteiger partial charge is 0.215 e. The summed E-state index contributed by atoms with van der Waals surface area (Å²) in [6.07, 6.45) is 6.64. The van der Waals surface area contributed by atoms with Crippen LogP contribution in [0.25, 0.3) is 5.57 Å². The van der Waals surface area contributed by atoms with E-state index in [-0.39, 0.29) is 18.3 Å². The molecule has 0 unspecified atom stereocenters.